The highest BCUT2D eigenvalue weighted by Gasteiger charge is 2.20. The summed E-state index contributed by atoms with van der Waals surface area (Å²) in [6, 6.07) is 0.450. The Kier molecular flexibility index (Phi) is 6.11. The molecule has 0 bridgehead atoms. The predicted octanol–water partition coefficient (Wildman–Crippen LogP) is 0.789. The smallest absolute Gasteiger partial charge is 0.226 e. The van der Waals surface area contributed by atoms with Crippen LogP contribution >= 0.6 is 0 Å². The minimum atomic E-state index is 0.140. The summed E-state index contributed by atoms with van der Waals surface area (Å²) in [6.45, 7) is 6.72. The second-order valence-corrected chi connectivity index (χ2v) is 4.12. The topological polar surface area (TPSA) is 41.6 Å². The summed E-state index contributed by atoms with van der Waals surface area (Å²) in [4.78, 5) is 13.7. The van der Waals surface area contributed by atoms with E-state index < -0.39 is 0 Å². The van der Waals surface area contributed by atoms with Crippen LogP contribution in [0.5, 0.6) is 0 Å². The van der Waals surface area contributed by atoms with Gasteiger partial charge in [0.25, 0.3) is 0 Å². The molecule has 0 saturated carbocycles. The minimum absolute atomic E-state index is 0.140. The Balaban J connectivity index is 2.41. The van der Waals surface area contributed by atoms with Crippen LogP contribution in [-0.2, 0) is 9.53 Å². The van der Waals surface area contributed by atoms with Crippen molar-refractivity contribution in [3.05, 3.63) is 12.7 Å². The average Bonchev–Trinajstić information content (AvgIpc) is 2.77. The quantitative estimate of drug-likeness (QED) is 0.653. The molecule has 1 amide bonds. The Labute approximate surface area is 97.6 Å². The standard InChI is InChI=1S/C12H22N2O2/c1-3-5-12(15)14(8-9-16-2)10-11-6-4-7-13-11/h3,11,13H,1,4-10H2,2H3. The number of amides is 1. The third kappa shape index (κ3) is 4.33. The van der Waals surface area contributed by atoms with Gasteiger partial charge in [0, 0.05) is 32.7 Å². The van der Waals surface area contributed by atoms with Crippen LogP contribution in [0.3, 0.4) is 0 Å². The first-order chi connectivity index (χ1) is 7.77. The van der Waals surface area contributed by atoms with Gasteiger partial charge in [-0.1, -0.05) is 6.08 Å². The molecule has 4 heteroatoms. The molecule has 0 radical (unpaired) electrons. The van der Waals surface area contributed by atoms with Crippen molar-refractivity contribution >= 4 is 5.91 Å². The summed E-state index contributed by atoms with van der Waals surface area (Å²) in [7, 11) is 1.66. The molecule has 1 atom stereocenters. The second-order valence-electron chi connectivity index (χ2n) is 4.12. The van der Waals surface area contributed by atoms with Crippen LogP contribution in [0, 0.1) is 0 Å². The normalized spacial score (nSPS) is 19.7. The van der Waals surface area contributed by atoms with Crippen LogP contribution in [-0.4, -0.2) is 50.2 Å². The van der Waals surface area contributed by atoms with E-state index in [4.69, 9.17) is 4.74 Å². The molecule has 0 aromatic rings. The van der Waals surface area contributed by atoms with Crippen molar-refractivity contribution in [3.8, 4) is 0 Å². The molecule has 1 aliphatic rings. The van der Waals surface area contributed by atoms with Crippen molar-refractivity contribution in [1.82, 2.24) is 10.2 Å². The molecule has 0 aromatic carbocycles. The minimum Gasteiger partial charge on any atom is -0.383 e. The van der Waals surface area contributed by atoms with E-state index in [1.807, 2.05) is 4.90 Å². The van der Waals surface area contributed by atoms with E-state index in [0.29, 0.717) is 25.6 Å². The molecule has 1 fully saturated rings. The van der Waals surface area contributed by atoms with Gasteiger partial charge in [0.15, 0.2) is 0 Å². The summed E-state index contributed by atoms with van der Waals surface area (Å²) < 4.78 is 5.02. The lowest BCUT2D eigenvalue weighted by atomic mass is 10.2. The monoisotopic (exact) mass is 226 g/mol. The van der Waals surface area contributed by atoms with Crippen LogP contribution in [0.25, 0.3) is 0 Å². The van der Waals surface area contributed by atoms with Gasteiger partial charge < -0.3 is 15.0 Å². The highest BCUT2D eigenvalue weighted by Crippen LogP contribution is 2.08. The molecule has 4 nitrogen and oxygen atoms in total. The zero-order chi connectivity index (χ0) is 11.8. The number of hydrogen-bond acceptors (Lipinski definition) is 3. The fourth-order valence-corrected chi connectivity index (χ4v) is 1.95. The summed E-state index contributed by atoms with van der Waals surface area (Å²) in [6.07, 6.45) is 4.43. The van der Waals surface area contributed by atoms with Crippen LogP contribution in [0.15, 0.2) is 12.7 Å². The third-order valence-corrected chi connectivity index (χ3v) is 2.84. The van der Waals surface area contributed by atoms with E-state index in [0.717, 1.165) is 19.5 Å². The van der Waals surface area contributed by atoms with Gasteiger partial charge in [0.1, 0.15) is 0 Å². The molecule has 0 aromatic heterocycles. The summed E-state index contributed by atoms with van der Waals surface area (Å²) >= 11 is 0. The molecule has 1 aliphatic heterocycles. The van der Waals surface area contributed by atoms with Crippen molar-refractivity contribution in [2.45, 2.75) is 25.3 Å². The number of rotatable bonds is 7. The molecule has 1 unspecified atom stereocenters. The average molecular weight is 226 g/mol. The zero-order valence-electron chi connectivity index (χ0n) is 10.1. The number of hydrogen-bond donors (Lipinski definition) is 1. The molecular weight excluding hydrogens is 204 g/mol. The van der Waals surface area contributed by atoms with E-state index in [1.54, 1.807) is 13.2 Å². The van der Waals surface area contributed by atoms with E-state index in [2.05, 4.69) is 11.9 Å². The lowest BCUT2D eigenvalue weighted by molar-refractivity contribution is -0.131. The molecule has 1 saturated heterocycles. The molecule has 0 aliphatic carbocycles. The van der Waals surface area contributed by atoms with Gasteiger partial charge in [-0.05, 0) is 19.4 Å². The van der Waals surface area contributed by atoms with Crippen molar-refractivity contribution < 1.29 is 9.53 Å². The number of ether oxygens (including phenoxy) is 1. The number of carbonyl (C=O) groups is 1. The number of methoxy groups -OCH3 is 1. The van der Waals surface area contributed by atoms with Gasteiger partial charge in [0.2, 0.25) is 5.91 Å². The number of nitrogens with one attached hydrogen (secondary N) is 1. The zero-order valence-corrected chi connectivity index (χ0v) is 10.1. The fourth-order valence-electron chi connectivity index (χ4n) is 1.95. The molecule has 1 heterocycles. The largest absolute Gasteiger partial charge is 0.383 e. The first-order valence-electron chi connectivity index (χ1n) is 5.89. The Hall–Kier alpha value is -0.870. The molecule has 1 N–H and O–H groups in total. The molecular formula is C12H22N2O2. The highest BCUT2D eigenvalue weighted by molar-refractivity contribution is 5.77. The van der Waals surface area contributed by atoms with E-state index in [1.165, 1.54) is 6.42 Å². The lowest BCUT2D eigenvalue weighted by Gasteiger charge is -2.25. The lowest BCUT2D eigenvalue weighted by Crippen LogP contribution is -2.42. The van der Waals surface area contributed by atoms with E-state index in [9.17, 15) is 4.79 Å². The van der Waals surface area contributed by atoms with Crippen molar-refractivity contribution in [1.29, 1.82) is 0 Å². The van der Waals surface area contributed by atoms with Gasteiger partial charge in [-0.2, -0.15) is 0 Å². The van der Waals surface area contributed by atoms with Crippen molar-refractivity contribution in [2.24, 2.45) is 0 Å². The number of nitrogens with zero attached hydrogens (tertiary/aromatic N) is 1. The first kappa shape index (κ1) is 13.2. The van der Waals surface area contributed by atoms with Crippen LogP contribution in [0.4, 0.5) is 0 Å². The Morgan fingerprint density at radius 2 is 2.50 bits per heavy atom. The first-order valence-corrected chi connectivity index (χ1v) is 5.89. The van der Waals surface area contributed by atoms with Crippen molar-refractivity contribution in [2.75, 3.05) is 33.4 Å². The fraction of sp³-hybridized carbons (Fsp3) is 0.750. The van der Waals surface area contributed by atoms with E-state index >= 15 is 0 Å². The maximum Gasteiger partial charge on any atom is 0.226 e. The SMILES string of the molecule is C=CCC(=O)N(CCOC)CC1CCCN1. The summed E-state index contributed by atoms with van der Waals surface area (Å²) in [5, 5.41) is 3.40. The molecule has 0 spiro atoms. The second kappa shape index (κ2) is 7.41. The maximum absolute atomic E-state index is 11.8. The molecule has 16 heavy (non-hydrogen) atoms. The summed E-state index contributed by atoms with van der Waals surface area (Å²) in [5.41, 5.74) is 0. The highest BCUT2D eigenvalue weighted by atomic mass is 16.5. The third-order valence-electron chi connectivity index (χ3n) is 2.84. The Morgan fingerprint density at radius 1 is 1.69 bits per heavy atom. The molecule has 1 rings (SSSR count). The van der Waals surface area contributed by atoms with E-state index in [-0.39, 0.29) is 5.91 Å². The Morgan fingerprint density at radius 3 is 3.06 bits per heavy atom. The van der Waals surface area contributed by atoms with Gasteiger partial charge in [0.05, 0.1) is 6.61 Å². The Bertz CT molecular complexity index is 225. The van der Waals surface area contributed by atoms with Crippen LogP contribution in [0.2, 0.25) is 0 Å². The van der Waals surface area contributed by atoms with Crippen LogP contribution in [0.1, 0.15) is 19.3 Å². The predicted molar refractivity (Wildman–Crippen MR) is 64.3 cm³/mol. The maximum atomic E-state index is 11.8. The van der Waals surface area contributed by atoms with Crippen LogP contribution < -0.4 is 5.32 Å². The van der Waals surface area contributed by atoms with Gasteiger partial charge in [-0.3, -0.25) is 4.79 Å². The van der Waals surface area contributed by atoms with Gasteiger partial charge >= 0.3 is 0 Å². The van der Waals surface area contributed by atoms with Crippen molar-refractivity contribution in [3.63, 3.8) is 0 Å². The molecule has 92 valence electrons. The van der Waals surface area contributed by atoms with Gasteiger partial charge in [-0.25, -0.2) is 0 Å². The van der Waals surface area contributed by atoms with Gasteiger partial charge in [-0.15, -0.1) is 6.58 Å². The number of carbonyl (C=O) groups excluding carboxylic acids is 1. The summed E-state index contributed by atoms with van der Waals surface area (Å²) in [5.74, 6) is 0.140.